The third kappa shape index (κ3) is 6.80. The monoisotopic (exact) mass is 346 g/mol. The van der Waals surface area contributed by atoms with Crippen molar-refractivity contribution >= 4 is 23.0 Å². The van der Waals surface area contributed by atoms with E-state index in [2.05, 4.69) is 42.7 Å². The summed E-state index contributed by atoms with van der Waals surface area (Å²) >= 11 is 5.58. The fraction of sp³-hybridized carbons (Fsp3) is 0.667. The zero-order chi connectivity index (χ0) is 17.2. The average molecular weight is 347 g/mol. The van der Waals surface area contributed by atoms with Gasteiger partial charge in [0.1, 0.15) is 0 Å². The summed E-state index contributed by atoms with van der Waals surface area (Å²) in [6.45, 7) is 4.29. The Morgan fingerprint density at radius 1 is 0.875 bits per heavy atom. The molecule has 0 saturated heterocycles. The molecule has 1 aliphatic rings. The molecule has 2 rings (SSSR count). The molecule has 1 saturated carbocycles. The number of rotatable bonds is 2. The average Bonchev–Trinajstić information content (AvgIpc) is 2.54. The van der Waals surface area contributed by atoms with Gasteiger partial charge in [-0.05, 0) is 56.1 Å². The minimum Gasteiger partial charge on any atom is -0.360 e. The van der Waals surface area contributed by atoms with E-state index < -0.39 is 0 Å². The lowest BCUT2D eigenvalue weighted by Crippen LogP contribution is -2.38. The molecule has 0 aliphatic heterocycles. The molecule has 1 aromatic rings. The van der Waals surface area contributed by atoms with Crippen molar-refractivity contribution in [2.24, 2.45) is 0 Å². The van der Waals surface area contributed by atoms with E-state index in [0.717, 1.165) is 10.8 Å². The topological polar surface area (TPSA) is 24.1 Å². The van der Waals surface area contributed by atoms with Crippen LogP contribution >= 0.6 is 12.2 Å². The van der Waals surface area contributed by atoms with Crippen molar-refractivity contribution in [3.63, 3.8) is 0 Å². The van der Waals surface area contributed by atoms with E-state index in [1.165, 1.54) is 81.8 Å². The molecule has 0 unspecified atom stereocenters. The van der Waals surface area contributed by atoms with E-state index in [4.69, 9.17) is 12.2 Å². The number of anilines is 1. The second kappa shape index (κ2) is 10.7. The van der Waals surface area contributed by atoms with Crippen LogP contribution in [-0.2, 0) is 0 Å². The van der Waals surface area contributed by atoms with E-state index >= 15 is 0 Å². The Labute approximate surface area is 153 Å². The first kappa shape index (κ1) is 19.2. The van der Waals surface area contributed by atoms with Crippen LogP contribution in [0.4, 0.5) is 5.69 Å². The first-order valence-corrected chi connectivity index (χ1v) is 10.2. The number of thiocarbonyl (C=S) groups is 1. The molecule has 0 spiro atoms. The third-order valence-corrected chi connectivity index (χ3v) is 5.51. The highest BCUT2D eigenvalue weighted by Gasteiger charge is 2.11. The van der Waals surface area contributed by atoms with Crippen LogP contribution < -0.4 is 10.6 Å². The largest absolute Gasteiger partial charge is 0.360 e. The molecule has 0 bridgehead atoms. The summed E-state index contributed by atoms with van der Waals surface area (Å²) in [5.74, 6) is 0. The van der Waals surface area contributed by atoms with E-state index in [1.807, 2.05) is 0 Å². The summed E-state index contributed by atoms with van der Waals surface area (Å²) < 4.78 is 0. The third-order valence-electron chi connectivity index (χ3n) is 5.29. The van der Waals surface area contributed by atoms with Crippen molar-refractivity contribution in [3.05, 3.63) is 29.3 Å². The molecule has 0 heterocycles. The van der Waals surface area contributed by atoms with Crippen LogP contribution in [-0.4, -0.2) is 11.2 Å². The van der Waals surface area contributed by atoms with Gasteiger partial charge in [-0.1, -0.05) is 69.9 Å². The van der Waals surface area contributed by atoms with Gasteiger partial charge >= 0.3 is 0 Å². The predicted molar refractivity (Wildman–Crippen MR) is 110 cm³/mol. The van der Waals surface area contributed by atoms with Crippen molar-refractivity contribution < 1.29 is 0 Å². The zero-order valence-corrected chi connectivity index (χ0v) is 16.3. The van der Waals surface area contributed by atoms with Crippen molar-refractivity contribution in [2.75, 3.05) is 5.32 Å². The van der Waals surface area contributed by atoms with Crippen molar-refractivity contribution in [1.82, 2.24) is 5.32 Å². The highest BCUT2D eigenvalue weighted by Crippen LogP contribution is 2.19. The van der Waals surface area contributed by atoms with E-state index in [-0.39, 0.29) is 0 Å². The van der Waals surface area contributed by atoms with Gasteiger partial charge < -0.3 is 10.6 Å². The van der Waals surface area contributed by atoms with Crippen molar-refractivity contribution in [1.29, 1.82) is 0 Å². The van der Waals surface area contributed by atoms with Gasteiger partial charge in [0.25, 0.3) is 0 Å². The highest BCUT2D eigenvalue weighted by molar-refractivity contribution is 7.80. The Morgan fingerprint density at radius 2 is 1.42 bits per heavy atom. The molecule has 2 nitrogen and oxygen atoms in total. The number of aryl methyl sites for hydroxylation is 1. The number of benzene rings is 1. The molecule has 0 radical (unpaired) electrons. The molecule has 0 amide bonds. The van der Waals surface area contributed by atoms with Crippen LogP contribution in [0.15, 0.2) is 18.2 Å². The molecule has 3 heteroatoms. The Hall–Kier alpha value is -1.09. The fourth-order valence-corrected chi connectivity index (χ4v) is 3.81. The maximum Gasteiger partial charge on any atom is 0.171 e. The smallest absolute Gasteiger partial charge is 0.171 e. The van der Waals surface area contributed by atoms with Crippen LogP contribution in [0, 0.1) is 13.8 Å². The molecule has 2 N–H and O–H groups in total. The minimum atomic E-state index is 0.523. The number of hydrogen-bond donors (Lipinski definition) is 2. The van der Waals surface area contributed by atoms with Crippen molar-refractivity contribution in [2.45, 2.75) is 90.5 Å². The normalized spacial score (nSPS) is 18.2. The Morgan fingerprint density at radius 3 is 2.00 bits per heavy atom. The second-order valence-corrected chi connectivity index (χ2v) is 7.71. The van der Waals surface area contributed by atoms with Gasteiger partial charge in [0.15, 0.2) is 5.11 Å². The molecule has 0 aromatic heterocycles. The maximum absolute atomic E-state index is 5.58. The fourth-order valence-electron chi connectivity index (χ4n) is 3.54. The molecular formula is C21H34N2S. The molecule has 24 heavy (non-hydrogen) atoms. The summed E-state index contributed by atoms with van der Waals surface area (Å²) in [6, 6.07) is 6.86. The Balaban J connectivity index is 1.85. The summed E-state index contributed by atoms with van der Waals surface area (Å²) in [5.41, 5.74) is 3.70. The Bertz CT molecular complexity index is 501. The van der Waals surface area contributed by atoms with E-state index in [0.29, 0.717) is 6.04 Å². The second-order valence-electron chi connectivity index (χ2n) is 7.30. The zero-order valence-electron chi connectivity index (χ0n) is 15.5. The molecule has 134 valence electrons. The lowest BCUT2D eigenvalue weighted by Gasteiger charge is -2.22. The number of nitrogens with one attached hydrogen (secondary N) is 2. The highest BCUT2D eigenvalue weighted by atomic mass is 32.1. The minimum absolute atomic E-state index is 0.523. The van der Waals surface area contributed by atoms with Crippen LogP contribution in [0.25, 0.3) is 0 Å². The van der Waals surface area contributed by atoms with Gasteiger partial charge in [-0.15, -0.1) is 0 Å². The quantitative estimate of drug-likeness (QED) is 0.618. The maximum atomic E-state index is 5.58. The van der Waals surface area contributed by atoms with Gasteiger partial charge in [-0.3, -0.25) is 0 Å². The first-order chi connectivity index (χ1) is 11.7. The molecule has 0 atom stereocenters. The van der Waals surface area contributed by atoms with Crippen LogP contribution in [0.2, 0.25) is 0 Å². The molecule has 1 aromatic carbocycles. The van der Waals surface area contributed by atoms with Gasteiger partial charge in [0.2, 0.25) is 0 Å². The summed E-state index contributed by atoms with van der Waals surface area (Å²) in [5, 5.41) is 7.77. The van der Waals surface area contributed by atoms with Gasteiger partial charge in [-0.2, -0.15) is 0 Å². The van der Waals surface area contributed by atoms with Gasteiger partial charge in [-0.25, -0.2) is 0 Å². The van der Waals surface area contributed by atoms with Gasteiger partial charge in [0.05, 0.1) is 0 Å². The molecule has 1 fully saturated rings. The summed E-state index contributed by atoms with van der Waals surface area (Å²) in [7, 11) is 0. The lowest BCUT2D eigenvalue weighted by molar-refractivity contribution is 0.444. The van der Waals surface area contributed by atoms with Crippen molar-refractivity contribution in [3.8, 4) is 0 Å². The summed E-state index contributed by atoms with van der Waals surface area (Å²) in [4.78, 5) is 0. The Kier molecular flexibility index (Phi) is 8.58. The van der Waals surface area contributed by atoms with Crippen LogP contribution in [0.1, 0.15) is 81.8 Å². The number of hydrogen-bond acceptors (Lipinski definition) is 1. The van der Waals surface area contributed by atoms with E-state index in [1.54, 1.807) is 0 Å². The lowest BCUT2D eigenvalue weighted by atomic mass is 9.98. The van der Waals surface area contributed by atoms with E-state index in [9.17, 15) is 0 Å². The molecule has 1 aliphatic carbocycles. The van der Waals surface area contributed by atoms with Crippen LogP contribution in [0.5, 0.6) is 0 Å². The predicted octanol–water partition coefficient (Wildman–Crippen LogP) is 6.26. The van der Waals surface area contributed by atoms with Gasteiger partial charge in [0, 0.05) is 11.7 Å². The standard InChI is InChI=1S/C21H34N2S/c1-17-13-12-16-20(18(17)2)23-21(24)22-19-14-10-8-6-4-3-5-7-9-11-15-19/h12-13,16,19H,3-11,14-15H2,1-2H3,(H2,22,23,24). The molecular weight excluding hydrogens is 312 g/mol. The SMILES string of the molecule is Cc1cccc(NC(=S)NC2CCCCCCCCCCC2)c1C. The first-order valence-electron chi connectivity index (χ1n) is 9.80. The van der Waals surface area contributed by atoms with Crippen LogP contribution in [0.3, 0.4) is 0 Å². The summed E-state index contributed by atoms with van der Waals surface area (Å²) in [6.07, 6.45) is 15.0.